The third-order valence-corrected chi connectivity index (χ3v) is 3.61. The lowest BCUT2D eigenvalue weighted by molar-refractivity contribution is -0.116. The first-order valence-corrected chi connectivity index (χ1v) is 7.74. The third kappa shape index (κ3) is 5.65. The summed E-state index contributed by atoms with van der Waals surface area (Å²) >= 11 is 6.72. The van der Waals surface area contributed by atoms with Gasteiger partial charge in [0.2, 0.25) is 0 Å². The number of hydrogen-bond donors (Lipinski definition) is 1. The van der Waals surface area contributed by atoms with Gasteiger partial charge in [0.25, 0.3) is 5.91 Å². The van der Waals surface area contributed by atoms with Crippen molar-refractivity contribution in [3.8, 4) is 0 Å². The SMILES string of the molecule is O=C(/C=C/c1ccc(Br)cc1)N/N=C/c1ccc(Br)cc1. The number of amides is 1. The topological polar surface area (TPSA) is 41.5 Å². The zero-order chi connectivity index (χ0) is 15.1. The first kappa shape index (κ1) is 15.7. The van der Waals surface area contributed by atoms with Crippen LogP contribution >= 0.6 is 31.9 Å². The molecule has 0 aromatic heterocycles. The van der Waals surface area contributed by atoms with Crippen LogP contribution in [0.3, 0.4) is 0 Å². The van der Waals surface area contributed by atoms with Crippen molar-refractivity contribution in [2.24, 2.45) is 5.10 Å². The molecule has 3 nitrogen and oxygen atoms in total. The van der Waals surface area contributed by atoms with E-state index in [-0.39, 0.29) is 5.91 Å². The summed E-state index contributed by atoms with van der Waals surface area (Å²) in [6, 6.07) is 15.3. The summed E-state index contributed by atoms with van der Waals surface area (Å²) < 4.78 is 2.00. The summed E-state index contributed by atoms with van der Waals surface area (Å²) in [4.78, 5) is 11.6. The Bertz CT molecular complexity index is 662. The van der Waals surface area contributed by atoms with Gasteiger partial charge < -0.3 is 0 Å². The van der Waals surface area contributed by atoms with Gasteiger partial charge in [0.05, 0.1) is 6.21 Å². The molecule has 2 aromatic carbocycles. The smallest absolute Gasteiger partial charge is 0.264 e. The lowest BCUT2D eigenvalue weighted by Gasteiger charge is -1.96. The lowest BCUT2D eigenvalue weighted by atomic mass is 10.2. The predicted molar refractivity (Wildman–Crippen MR) is 93.1 cm³/mol. The van der Waals surface area contributed by atoms with Crippen LogP contribution < -0.4 is 5.43 Å². The zero-order valence-corrected chi connectivity index (χ0v) is 14.1. The Morgan fingerprint density at radius 3 is 2.00 bits per heavy atom. The molecule has 1 amide bonds. The molecule has 2 rings (SSSR count). The van der Waals surface area contributed by atoms with Crippen LogP contribution in [0.1, 0.15) is 11.1 Å². The van der Waals surface area contributed by atoms with Crippen LogP contribution in [0, 0.1) is 0 Å². The molecule has 0 heterocycles. The molecule has 0 aliphatic heterocycles. The van der Waals surface area contributed by atoms with E-state index in [1.165, 1.54) is 6.08 Å². The summed E-state index contributed by atoms with van der Waals surface area (Å²) in [6.07, 6.45) is 4.77. The number of nitrogens with zero attached hydrogens (tertiary/aromatic N) is 1. The molecule has 0 radical (unpaired) electrons. The van der Waals surface area contributed by atoms with Crippen molar-refractivity contribution < 1.29 is 4.79 Å². The third-order valence-electron chi connectivity index (χ3n) is 2.56. The van der Waals surface area contributed by atoms with E-state index in [1.54, 1.807) is 12.3 Å². The average Bonchev–Trinajstić information content (AvgIpc) is 2.49. The molecule has 0 fully saturated rings. The maximum atomic E-state index is 11.6. The van der Waals surface area contributed by atoms with E-state index in [0.717, 1.165) is 20.1 Å². The van der Waals surface area contributed by atoms with E-state index in [2.05, 4.69) is 42.4 Å². The fourth-order valence-electron chi connectivity index (χ4n) is 1.50. The summed E-state index contributed by atoms with van der Waals surface area (Å²) in [5, 5.41) is 3.90. The molecule has 0 spiro atoms. The molecule has 21 heavy (non-hydrogen) atoms. The van der Waals surface area contributed by atoms with Crippen molar-refractivity contribution >= 4 is 50.1 Å². The van der Waals surface area contributed by atoms with Gasteiger partial charge in [-0.3, -0.25) is 4.79 Å². The van der Waals surface area contributed by atoms with E-state index in [0.29, 0.717) is 0 Å². The fourth-order valence-corrected chi connectivity index (χ4v) is 2.03. The van der Waals surface area contributed by atoms with E-state index in [4.69, 9.17) is 0 Å². The van der Waals surface area contributed by atoms with Gasteiger partial charge in [-0.1, -0.05) is 56.1 Å². The van der Waals surface area contributed by atoms with E-state index >= 15 is 0 Å². The Kier molecular flexibility index (Phi) is 5.90. The van der Waals surface area contributed by atoms with Crippen LogP contribution in [0.15, 0.2) is 68.7 Å². The Hall–Kier alpha value is -1.72. The van der Waals surface area contributed by atoms with Gasteiger partial charge >= 0.3 is 0 Å². The molecule has 0 aliphatic rings. The molecule has 0 aliphatic carbocycles. The summed E-state index contributed by atoms with van der Waals surface area (Å²) in [7, 11) is 0. The lowest BCUT2D eigenvalue weighted by Crippen LogP contribution is -2.14. The second-order valence-corrected chi connectivity index (χ2v) is 6.00. The Balaban J connectivity index is 1.87. The molecule has 0 bridgehead atoms. The van der Waals surface area contributed by atoms with Gasteiger partial charge in [-0.05, 0) is 41.5 Å². The Morgan fingerprint density at radius 2 is 1.43 bits per heavy atom. The monoisotopic (exact) mass is 406 g/mol. The van der Waals surface area contributed by atoms with Crippen molar-refractivity contribution in [1.82, 2.24) is 5.43 Å². The predicted octanol–water partition coefficient (Wildman–Crippen LogP) is 4.38. The van der Waals surface area contributed by atoms with Crippen LogP contribution in [-0.2, 0) is 4.79 Å². The first-order chi connectivity index (χ1) is 10.1. The van der Waals surface area contributed by atoms with Crippen molar-refractivity contribution in [1.29, 1.82) is 0 Å². The van der Waals surface area contributed by atoms with Gasteiger partial charge in [-0.25, -0.2) is 5.43 Å². The number of carbonyl (C=O) groups excluding carboxylic acids is 1. The van der Waals surface area contributed by atoms with Crippen molar-refractivity contribution in [2.45, 2.75) is 0 Å². The number of benzene rings is 2. The van der Waals surface area contributed by atoms with E-state index in [1.807, 2.05) is 48.5 Å². The van der Waals surface area contributed by atoms with Gasteiger partial charge in [-0.15, -0.1) is 0 Å². The van der Waals surface area contributed by atoms with Crippen LogP contribution in [0.5, 0.6) is 0 Å². The normalized spacial score (nSPS) is 11.1. The summed E-state index contributed by atoms with van der Waals surface area (Å²) in [5.41, 5.74) is 4.31. The number of halogens is 2. The van der Waals surface area contributed by atoms with Crippen LogP contribution in [0.4, 0.5) is 0 Å². The highest BCUT2D eigenvalue weighted by molar-refractivity contribution is 9.10. The quantitative estimate of drug-likeness (QED) is 0.456. The number of nitrogens with one attached hydrogen (secondary N) is 1. The van der Waals surface area contributed by atoms with Gasteiger partial charge in [0.1, 0.15) is 0 Å². The molecule has 0 unspecified atom stereocenters. The first-order valence-electron chi connectivity index (χ1n) is 6.16. The molecular weight excluding hydrogens is 396 g/mol. The van der Waals surface area contributed by atoms with E-state index in [9.17, 15) is 4.79 Å². The Morgan fingerprint density at radius 1 is 0.905 bits per heavy atom. The fraction of sp³-hybridized carbons (Fsp3) is 0. The van der Waals surface area contributed by atoms with Crippen LogP contribution in [0.25, 0.3) is 6.08 Å². The minimum Gasteiger partial charge on any atom is -0.268 e. The van der Waals surface area contributed by atoms with Gasteiger partial charge in [-0.2, -0.15) is 5.10 Å². The minimum atomic E-state index is -0.272. The van der Waals surface area contributed by atoms with Crippen LogP contribution in [0.2, 0.25) is 0 Å². The van der Waals surface area contributed by atoms with Gasteiger partial charge in [0.15, 0.2) is 0 Å². The average molecular weight is 408 g/mol. The number of hydrazone groups is 1. The minimum absolute atomic E-state index is 0.272. The van der Waals surface area contributed by atoms with E-state index < -0.39 is 0 Å². The Labute approximate surface area is 140 Å². The molecule has 0 saturated carbocycles. The summed E-state index contributed by atoms with van der Waals surface area (Å²) in [5.74, 6) is -0.272. The molecule has 5 heteroatoms. The maximum absolute atomic E-state index is 11.6. The number of rotatable bonds is 4. The van der Waals surface area contributed by atoms with Crippen molar-refractivity contribution in [3.05, 3.63) is 74.7 Å². The molecule has 0 saturated heterocycles. The standard InChI is InChI=1S/C16H12Br2N2O/c17-14-6-1-12(2-7-14)5-10-16(21)20-19-11-13-3-8-15(18)9-4-13/h1-11H,(H,20,21)/b10-5+,19-11+. The van der Waals surface area contributed by atoms with Crippen LogP contribution in [-0.4, -0.2) is 12.1 Å². The highest BCUT2D eigenvalue weighted by Gasteiger charge is 1.93. The second kappa shape index (κ2) is 7.90. The molecule has 106 valence electrons. The maximum Gasteiger partial charge on any atom is 0.264 e. The summed E-state index contributed by atoms with van der Waals surface area (Å²) in [6.45, 7) is 0. The molecule has 0 atom stereocenters. The highest BCUT2D eigenvalue weighted by atomic mass is 79.9. The van der Waals surface area contributed by atoms with Crippen molar-refractivity contribution in [3.63, 3.8) is 0 Å². The second-order valence-electron chi connectivity index (χ2n) is 4.17. The van der Waals surface area contributed by atoms with Crippen molar-refractivity contribution in [2.75, 3.05) is 0 Å². The zero-order valence-electron chi connectivity index (χ0n) is 11.0. The number of hydrogen-bond acceptors (Lipinski definition) is 2. The molecule has 1 N–H and O–H groups in total. The van der Waals surface area contributed by atoms with Gasteiger partial charge in [0, 0.05) is 15.0 Å². The molecular formula is C16H12Br2N2O. The highest BCUT2D eigenvalue weighted by Crippen LogP contribution is 2.11. The molecule has 2 aromatic rings. The number of carbonyl (C=O) groups is 1. The largest absolute Gasteiger partial charge is 0.268 e.